The van der Waals surface area contributed by atoms with Crippen LogP contribution in [0.15, 0.2) is 42.5 Å². The first-order valence-electron chi connectivity index (χ1n) is 9.46. The highest BCUT2D eigenvalue weighted by molar-refractivity contribution is 6.02. The average Bonchev–Trinajstić information content (AvgIpc) is 2.72. The van der Waals surface area contributed by atoms with Gasteiger partial charge in [0.05, 0.1) is 26.4 Å². The summed E-state index contributed by atoms with van der Waals surface area (Å²) >= 11 is 0. The van der Waals surface area contributed by atoms with Crippen molar-refractivity contribution in [1.29, 1.82) is 0 Å². The van der Waals surface area contributed by atoms with Gasteiger partial charge in [0.1, 0.15) is 11.8 Å². The van der Waals surface area contributed by atoms with E-state index in [1.165, 1.54) is 7.11 Å². The van der Waals surface area contributed by atoms with E-state index >= 15 is 0 Å². The second-order valence-electron chi connectivity index (χ2n) is 6.68. The summed E-state index contributed by atoms with van der Waals surface area (Å²) in [6.07, 6.45) is 0. The van der Waals surface area contributed by atoms with Crippen molar-refractivity contribution in [3.63, 3.8) is 0 Å². The van der Waals surface area contributed by atoms with Crippen LogP contribution in [0.5, 0.6) is 17.2 Å². The smallest absolute Gasteiger partial charge is 0.255 e. The summed E-state index contributed by atoms with van der Waals surface area (Å²) in [6.45, 7) is 6.03. The van der Waals surface area contributed by atoms with Crippen LogP contribution in [0.3, 0.4) is 0 Å². The van der Waals surface area contributed by atoms with Crippen molar-refractivity contribution in [2.24, 2.45) is 5.92 Å². The average molecular weight is 400 g/mol. The molecule has 0 aliphatic heterocycles. The summed E-state index contributed by atoms with van der Waals surface area (Å²) < 4.78 is 16.0. The highest BCUT2D eigenvalue weighted by atomic mass is 16.5. The highest BCUT2D eigenvalue weighted by Gasteiger charge is 2.26. The number of nitrogens with one attached hydrogen (secondary N) is 2. The topological polar surface area (TPSA) is 85.9 Å². The molecule has 0 radical (unpaired) electrons. The van der Waals surface area contributed by atoms with Crippen molar-refractivity contribution in [3.05, 3.63) is 48.0 Å². The molecule has 156 valence electrons. The standard InChI is InChI=1S/C22H28N2O5/c1-6-29-17-10-8-7-9-16(17)21(25)24-20(14(2)3)22(26)23-15-11-12-18(27-4)19(13-15)28-5/h7-14,20H,6H2,1-5H3,(H,23,26)(H,24,25). The van der Waals surface area contributed by atoms with Gasteiger partial charge in [-0.3, -0.25) is 9.59 Å². The zero-order valence-corrected chi connectivity index (χ0v) is 17.4. The van der Waals surface area contributed by atoms with Gasteiger partial charge in [0.2, 0.25) is 5.91 Å². The van der Waals surface area contributed by atoms with Gasteiger partial charge in [-0.05, 0) is 37.1 Å². The second kappa shape index (κ2) is 10.4. The number of carbonyl (C=O) groups excluding carboxylic acids is 2. The number of carbonyl (C=O) groups is 2. The number of amides is 2. The molecular weight excluding hydrogens is 372 g/mol. The number of methoxy groups -OCH3 is 2. The van der Waals surface area contributed by atoms with Crippen LogP contribution in [-0.4, -0.2) is 38.7 Å². The Hall–Kier alpha value is -3.22. The summed E-state index contributed by atoms with van der Waals surface area (Å²) in [7, 11) is 3.07. The van der Waals surface area contributed by atoms with Crippen LogP contribution in [-0.2, 0) is 4.79 Å². The lowest BCUT2D eigenvalue weighted by Gasteiger charge is -2.22. The van der Waals surface area contributed by atoms with Crippen molar-refractivity contribution < 1.29 is 23.8 Å². The molecule has 2 amide bonds. The third-order valence-electron chi connectivity index (χ3n) is 4.32. The Kier molecular flexibility index (Phi) is 7.88. The SMILES string of the molecule is CCOc1ccccc1C(=O)NC(C(=O)Nc1ccc(OC)c(OC)c1)C(C)C. The van der Waals surface area contributed by atoms with E-state index < -0.39 is 6.04 Å². The van der Waals surface area contributed by atoms with Crippen LogP contribution in [0, 0.1) is 5.92 Å². The van der Waals surface area contributed by atoms with Gasteiger partial charge in [-0.25, -0.2) is 0 Å². The fourth-order valence-corrected chi connectivity index (χ4v) is 2.82. The molecule has 0 bridgehead atoms. The molecular formula is C22H28N2O5. The molecule has 2 rings (SSSR count). The maximum atomic E-state index is 12.9. The van der Waals surface area contributed by atoms with E-state index in [1.807, 2.05) is 20.8 Å². The molecule has 0 aromatic heterocycles. The van der Waals surface area contributed by atoms with Crippen molar-refractivity contribution >= 4 is 17.5 Å². The van der Waals surface area contributed by atoms with Crippen molar-refractivity contribution in [1.82, 2.24) is 5.32 Å². The van der Waals surface area contributed by atoms with E-state index in [0.717, 1.165) is 0 Å². The van der Waals surface area contributed by atoms with Crippen LogP contribution >= 0.6 is 0 Å². The van der Waals surface area contributed by atoms with Gasteiger partial charge >= 0.3 is 0 Å². The first-order chi connectivity index (χ1) is 13.9. The molecule has 29 heavy (non-hydrogen) atoms. The molecule has 0 spiro atoms. The maximum absolute atomic E-state index is 12.9. The minimum atomic E-state index is -0.731. The Bertz CT molecular complexity index is 851. The lowest BCUT2D eigenvalue weighted by Crippen LogP contribution is -2.47. The predicted molar refractivity (Wildman–Crippen MR) is 112 cm³/mol. The molecule has 7 heteroatoms. The molecule has 0 aliphatic rings. The van der Waals surface area contributed by atoms with E-state index in [4.69, 9.17) is 14.2 Å². The highest BCUT2D eigenvalue weighted by Crippen LogP contribution is 2.30. The Morgan fingerprint density at radius 1 is 0.966 bits per heavy atom. The molecule has 1 unspecified atom stereocenters. The minimum Gasteiger partial charge on any atom is -0.493 e. The van der Waals surface area contributed by atoms with E-state index in [1.54, 1.807) is 49.6 Å². The molecule has 2 aromatic carbocycles. The number of benzene rings is 2. The maximum Gasteiger partial charge on any atom is 0.255 e. The third-order valence-corrected chi connectivity index (χ3v) is 4.32. The molecule has 7 nitrogen and oxygen atoms in total. The molecule has 1 atom stereocenters. The predicted octanol–water partition coefficient (Wildman–Crippen LogP) is 3.50. The minimum absolute atomic E-state index is 0.127. The van der Waals surface area contributed by atoms with Gasteiger partial charge in [0, 0.05) is 11.8 Å². The van der Waals surface area contributed by atoms with Crippen LogP contribution in [0.25, 0.3) is 0 Å². The van der Waals surface area contributed by atoms with Crippen molar-refractivity contribution in [2.45, 2.75) is 26.8 Å². The van der Waals surface area contributed by atoms with Gasteiger partial charge < -0.3 is 24.8 Å². The number of ether oxygens (including phenoxy) is 3. The Labute approximate surface area is 171 Å². The molecule has 0 saturated carbocycles. The van der Waals surface area contributed by atoms with E-state index in [0.29, 0.717) is 35.1 Å². The zero-order chi connectivity index (χ0) is 21.4. The molecule has 0 aliphatic carbocycles. The number of hydrogen-bond acceptors (Lipinski definition) is 5. The van der Waals surface area contributed by atoms with Crippen LogP contribution < -0.4 is 24.8 Å². The van der Waals surface area contributed by atoms with E-state index in [9.17, 15) is 9.59 Å². The number of para-hydroxylation sites is 1. The van der Waals surface area contributed by atoms with Gasteiger partial charge in [-0.1, -0.05) is 26.0 Å². The van der Waals surface area contributed by atoms with Crippen LogP contribution in [0.2, 0.25) is 0 Å². The zero-order valence-electron chi connectivity index (χ0n) is 17.4. The first kappa shape index (κ1) is 22.1. The molecule has 0 saturated heterocycles. The van der Waals surface area contributed by atoms with Gasteiger partial charge in [0.15, 0.2) is 11.5 Å². The summed E-state index contributed by atoms with van der Waals surface area (Å²) in [5.41, 5.74) is 0.932. The third kappa shape index (κ3) is 5.63. The Morgan fingerprint density at radius 2 is 1.66 bits per heavy atom. The van der Waals surface area contributed by atoms with Crippen molar-refractivity contribution in [3.8, 4) is 17.2 Å². The first-order valence-corrected chi connectivity index (χ1v) is 9.46. The van der Waals surface area contributed by atoms with Crippen LogP contribution in [0.4, 0.5) is 5.69 Å². The van der Waals surface area contributed by atoms with Gasteiger partial charge in [0.25, 0.3) is 5.91 Å². The fourth-order valence-electron chi connectivity index (χ4n) is 2.82. The lowest BCUT2D eigenvalue weighted by atomic mass is 10.0. The largest absolute Gasteiger partial charge is 0.493 e. The molecule has 0 heterocycles. The lowest BCUT2D eigenvalue weighted by molar-refractivity contribution is -0.118. The van der Waals surface area contributed by atoms with Gasteiger partial charge in [-0.2, -0.15) is 0 Å². The second-order valence-corrected chi connectivity index (χ2v) is 6.68. The molecule has 0 fully saturated rings. The fraction of sp³-hybridized carbons (Fsp3) is 0.364. The number of rotatable bonds is 9. The summed E-state index contributed by atoms with van der Waals surface area (Å²) in [5.74, 6) is 0.728. The summed E-state index contributed by atoms with van der Waals surface area (Å²) in [5, 5.41) is 5.64. The summed E-state index contributed by atoms with van der Waals surface area (Å²) in [6, 6.07) is 11.3. The van der Waals surface area contributed by atoms with Gasteiger partial charge in [-0.15, -0.1) is 0 Å². The van der Waals surface area contributed by atoms with Crippen molar-refractivity contribution in [2.75, 3.05) is 26.1 Å². The monoisotopic (exact) mass is 400 g/mol. The van der Waals surface area contributed by atoms with E-state index in [-0.39, 0.29) is 17.7 Å². The molecule has 2 N–H and O–H groups in total. The number of hydrogen-bond donors (Lipinski definition) is 2. The Morgan fingerprint density at radius 3 is 2.28 bits per heavy atom. The molecule has 2 aromatic rings. The Balaban J connectivity index is 2.17. The normalized spacial score (nSPS) is 11.5. The summed E-state index contributed by atoms with van der Waals surface area (Å²) in [4.78, 5) is 25.6. The van der Waals surface area contributed by atoms with E-state index in [2.05, 4.69) is 10.6 Å². The quantitative estimate of drug-likeness (QED) is 0.673. The van der Waals surface area contributed by atoms with Crippen LogP contribution in [0.1, 0.15) is 31.1 Å². The number of anilines is 1.